The Balaban J connectivity index is 2.00. The van der Waals surface area contributed by atoms with Crippen molar-refractivity contribution in [3.05, 3.63) is 83.4 Å². The Kier molecular flexibility index (Phi) is 5.63. The number of nitrogens with one attached hydrogen (secondary N) is 2. The molecule has 1 amide bonds. The smallest absolute Gasteiger partial charge is 0.345 e. The summed E-state index contributed by atoms with van der Waals surface area (Å²) in [5, 5.41) is 1.80. The molecule has 0 bridgehead atoms. The molecule has 0 saturated carbocycles. The van der Waals surface area contributed by atoms with Crippen molar-refractivity contribution in [3.8, 4) is 0 Å². The maximum atomic E-state index is 13.1. The lowest BCUT2D eigenvalue weighted by molar-refractivity contribution is -0.167. The molecule has 3 rings (SSSR count). The highest BCUT2D eigenvalue weighted by molar-refractivity contribution is 6.32. The molecule has 2 aromatic carbocycles. The van der Waals surface area contributed by atoms with Crippen LogP contribution in [0.25, 0.3) is 11.6 Å². The number of aryl methyl sites for hydroxylation is 1. The number of carbonyl (C=O) groups excluding carboxylic acids is 2. The fourth-order valence-corrected chi connectivity index (χ4v) is 2.70. The van der Waals surface area contributed by atoms with Gasteiger partial charge in [-0.15, -0.1) is 0 Å². The van der Waals surface area contributed by atoms with Gasteiger partial charge in [0.25, 0.3) is 0 Å². The van der Waals surface area contributed by atoms with Gasteiger partial charge in [-0.1, -0.05) is 36.4 Å². The van der Waals surface area contributed by atoms with Gasteiger partial charge in [0.05, 0.1) is 5.57 Å². The average Bonchev–Trinajstić information content (AvgIpc) is 3.20. The summed E-state index contributed by atoms with van der Waals surface area (Å²) in [7, 11) is 0. The van der Waals surface area contributed by atoms with E-state index in [0.29, 0.717) is 17.0 Å². The third-order valence-corrected chi connectivity index (χ3v) is 4.10. The summed E-state index contributed by atoms with van der Waals surface area (Å²) >= 11 is 0. The molecule has 5 nitrogen and oxygen atoms in total. The van der Waals surface area contributed by atoms with Crippen LogP contribution in [0.5, 0.6) is 0 Å². The van der Waals surface area contributed by atoms with E-state index in [-0.39, 0.29) is 17.0 Å². The van der Waals surface area contributed by atoms with Crippen molar-refractivity contribution in [3.63, 3.8) is 0 Å². The van der Waals surface area contributed by atoms with Crippen molar-refractivity contribution in [2.24, 2.45) is 0 Å². The average molecular weight is 399 g/mol. The third-order valence-electron chi connectivity index (χ3n) is 4.10. The number of nitrogens with zero attached hydrogens (tertiary/aromatic N) is 1. The van der Waals surface area contributed by atoms with Crippen molar-refractivity contribution >= 4 is 29.0 Å². The fraction of sp³-hybridized carbons (Fsp3) is 0.0952. The minimum Gasteiger partial charge on any atom is -0.345 e. The highest BCUT2D eigenvalue weighted by Crippen LogP contribution is 2.24. The van der Waals surface area contributed by atoms with Gasteiger partial charge in [0.1, 0.15) is 5.82 Å². The zero-order valence-electron chi connectivity index (χ0n) is 15.2. The second-order valence-corrected chi connectivity index (χ2v) is 6.22. The van der Waals surface area contributed by atoms with Crippen LogP contribution in [0, 0.1) is 6.92 Å². The molecule has 3 aromatic rings. The molecule has 0 aliphatic heterocycles. The Morgan fingerprint density at radius 2 is 1.86 bits per heavy atom. The van der Waals surface area contributed by atoms with Crippen molar-refractivity contribution in [2.75, 3.05) is 5.32 Å². The molecule has 0 radical (unpaired) electrons. The first kappa shape index (κ1) is 20.1. The first-order valence-electron chi connectivity index (χ1n) is 8.56. The predicted molar refractivity (Wildman–Crippen MR) is 103 cm³/mol. The Hall–Kier alpha value is -3.68. The number of benzene rings is 2. The van der Waals surface area contributed by atoms with Gasteiger partial charge in [-0.3, -0.25) is 9.59 Å². The fourth-order valence-electron chi connectivity index (χ4n) is 2.70. The Labute approximate surface area is 164 Å². The minimum atomic E-state index is -4.99. The Morgan fingerprint density at radius 1 is 1.10 bits per heavy atom. The molecule has 2 N–H and O–H groups in total. The summed E-state index contributed by atoms with van der Waals surface area (Å²) in [4.78, 5) is 31.3. The molecule has 0 atom stereocenters. The summed E-state index contributed by atoms with van der Waals surface area (Å²) in [5.74, 6) is -2.04. The summed E-state index contributed by atoms with van der Waals surface area (Å²) in [6.07, 6.45) is -0.425. The van der Waals surface area contributed by atoms with Gasteiger partial charge in [0, 0.05) is 23.6 Å². The number of allylic oxidation sites excluding steroid dienone is 1. The van der Waals surface area contributed by atoms with Gasteiger partial charge in [-0.2, -0.15) is 13.2 Å². The van der Waals surface area contributed by atoms with Crippen LogP contribution in [0.2, 0.25) is 0 Å². The number of alkyl halides is 3. The second-order valence-electron chi connectivity index (χ2n) is 6.22. The van der Waals surface area contributed by atoms with E-state index in [4.69, 9.17) is 0 Å². The van der Waals surface area contributed by atoms with Crippen molar-refractivity contribution in [2.45, 2.75) is 13.1 Å². The normalized spacial score (nSPS) is 11.9. The highest BCUT2D eigenvalue weighted by Gasteiger charge is 2.38. The number of ketones is 1. The van der Waals surface area contributed by atoms with Crippen LogP contribution in [0.3, 0.4) is 0 Å². The van der Waals surface area contributed by atoms with Gasteiger partial charge >= 0.3 is 12.1 Å². The van der Waals surface area contributed by atoms with Crippen LogP contribution in [-0.2, 0) is 4.79 Å². The molecule has 0 fully saturated rings. The zero-order chi connectivity index (χ0) is 21.0. The molecular formula is C21H16F3N3O2. The molecule has 0 spiro atoms. The third kappa shape index (κ3) is 4.78. The van der Waals surface area contributed by atoms with E-state index in [2.05, 4.69) is 9.97 Å². The first-order valence-corrected chi connectivity index (χ1v) is 8.56. The van der Waals surface area contributed by atoms with Gasteiger partial charge in [-0.25, -0.2) is 4.98 Å². The topological polar surface area (TPSA) is 74.8 Å². The summed E-state index contributed by atoms with van der Waals surface area (Å²) in [6, 6.07) is 12.8. The highest BCUT2D eigenvalue weighted by atomic mass is 19.4. The SMILES string of the molecule is Cc1ccccc1C(=O)/C(=C/c1cccc(NC(=O)C(F)(F)F)c1)c1ncc[nH]1. The van der Waals surface area contributed by atoms with Crippen molar-refractivity contribution in [1.29, 1.82) is 0 Å². The number of aromatic amines is 1. The molecule has 0 saturated heterocycles. The quantitative estimate of drug-likeness (QED) is 0.485. The molecule has 1 aromatic heterocycles. The number of Topliss-reactive ketones (excluding diaryl/α,β-unsaturated/α-hetero) is 1. The summed E-state index contributed by atoms with van der Waals surface area (Å²) < 4.78 is 37.4. The molecule has 0 aliphatic rings. The van der Waals surface area contributed by atoms with E-state index < -0.39 is 12.1 Å². The van der Waals surface area contributed by atoms with Gasteiger partial charge in [0.2, 0.25) is 0 Å². The number of amides is 1. The zero-order valence-corrected chi connectivity index (χ0v) is 15.2. The predicted octanol–water partition coefficient (Wildman–Crippen LogP) is 4.64. The van der Waals surface area contributed by atoms with Crippen LogP contribution in [0.4, 0.5) is 18.9 Å². The van der Waals surface area contributed by atoms with Gasteiger partial charge in [0.15, 0.2) is 5.78 Å². The van der Waals surface area contributed by atoms with E-state index in [1.54, 1.807) is 42.7 Å². The van der Waals surface area contributed by atoms with E-state index in [0.717, 1.165) is 5.56 Å². The van der Waals surface area contributed by atoms with Crippen LogP contribution >= 0.6 is 0 Å². The number of aromatic nitrogens is 2. The largest absolute Gasteiger partial charge is 0.471 e. The van der Waals surface area contributed by atoms with Gasteiger partial charge in [-0.05, 0) is 36.3 Å². The summed E-state index contributed by atoms with van der Waals surface area (Å²) in [5.41, 5.74) is 1.89. The van der Waals surface area contributed by atoms with Crippen molar-refractivity contribution in [1.82, 2.24) is 9.97 Å². The van der Waals surface area contributed by atoms with E-state index in [1.165, 1.54) is 30.5 Å². The molecule has 0 aliphatic carbocycles. The molecule has 1 heterocycles. The van der Waals surface area contributed by atoms with Crippen LogP contribution in [-0.4, -0.2) is 27.8 Å². The van der Waals surface area contributed by atoms with E-state index in [9.17, 15) is 22.8 Å². The lowest BCUT2D eigenvalue weighted by Gasteiger charge is -2.10. The Bertz CT molecular complexity index is 1070. The maximum absolute atomic E-state index is 13.1. The van der Waals surface area contributed by atoms with E-state index >= 15 is 0 Å². The molecule has 0 unspecified atom stereocenters. The second kappa shape index (κ2) is 8.14. The van der Waals surface area contributed by atoms with Crippen LogP contribution < -0.4 is 5.32 Å². The standard InChI is InChI=1S/C21H16F3N3O2/c1-13-5-2-3-8-16(13)18(28)17(19-25-9-10-26-19)12-14-6-4-7-15(11-14)27-20(29)21(22,23)24/h2-12H,1H3,(H,25,26)(H,27,29)/b17-12-. The van der Waals surface area contributed by atoms with Crippen molar-refractivity contribution < 1.29 is 22.8 Å². The lowest BCUT2D eigenvalue weighted by atomic mass is 9.97. The summed E-state index contributed by atoms with van der Waals surface area (Å²) in [6.45, 7) is 1.81. The number of hydrogen-bond acceptors (Lipinski definition) is 3. The number of hydrogen-bond donors (Lipinski definition) is 2. The van der Waals surface area contributed by atoms with Gasteiger partial charge < -0.3 is 10.3 Å². The number of rotatable bonds is 5. The maximum Gasteiger partial charge on any atom is 0.471 e. The van der Waals surface area contributed by atoms with Crippen LogP contribution in [0.15, 0.2) is 60.9 Å². The molecule has 29 heavy (non-hydrogen) atoms. The van der Waals surface area contributed by atoms with E-state index in [1.807, 2.05) is 6.07 Å². The number of halogens is 3. The number of carbonyl (C=O) groups is 2. The molecule has 148 valence electrons. The minimum absolute atomic E-state index is 0.0387. The number of imidazole rings is 1. The first-order chi connectivity index (χ1) is 13.8. The number of H-pyrrole nitrogens is 1. The Morgan fingerprint density at radius 3 is 2.52 bits per heavy atom. The molecular weight excluding hydrogens is 383 g/mol. The van der Waals surface area contributed by atoms with Crippen LogP contribution in [0.1, 0.15) is 27.3 Å². The monoisotopic (exact) mass is 399 g/mol. The number of anilines is 1. The molecule has 8 heteroatoms. The lowest BCUT2D eigenvalue weighted by Crippen LogP contribution is -2.29.